The van der Waals surface area contributed by atoms with Crippen LogP contribution >= 0.6 is 0 Å². The SMILES string of the molecule is CCCNC1CC(c2cn(C)nc2C)C1(C)C. The second kappa shape index (κ2) is 4.45. The molecule has 0 saturated heterocycles. The highest BCUT2D eigenvalue weighted by Gasteiger charge is 2.49. The summed E-state index contributed by atoms with van der Waals surface area (Å²) in [5.74, 6) is 0.658. The van der Waals surface area contributed by atoms with Gasteiger partial charge in [0.2, 0.25) is 0 Å². The predicted octanol–water partition coefficient (Wildman–Crippen LogP) is 2.61. The molecule has 0 radical (unpaired) electrons. The first-order valence-electron chi connectivity index (χ1n) is 6.70. The normalized spacial score (nSPS) is 26.9. The minimum absolute atomic E-state index is 0.350. The van der Waals surface area contributed by atoms with E-state index in [1.54, 1.807) is 0 Å². The summed E-state index contributed by atoms with van der Waals surface area (Å²) in [7, 11) is 2.01. The Bertz CT molecular complexity index is 392. The van der Waals surface area contributed by atoms with Crippen LogP contribution in [-0.2, 0) is 7.05 Å². The number of nitrogens with one attached hydrogen (secondary N) is 1. The van der Waals surface area contributed by atoms with E-state index in [2.05, 4.69) is 44.3 Å². The fraction of sp³-hybridized carbons (Fsp3) is 0.786. The molecule has 0 bridgehead atoms. The molecule has 17 heavy (non-hydrogen) atoms. The molecule has 1 heterocycles. The van der Waals surface area contributed by atoms with Crippen molar-refractivity contribution in [2.45, 2.75) is 52.5 Å². The maximum absolute atomic E-state index is 4.46. The van der Waals surface area contributed by atoms with Crippen molar-refractivity contribution < 1.29 is 0 Å². The van der Waals surface area contributed by atoms with Crippen LogP contribution in [0.5, 0.6) is 0 Å². The first kappa shape index (κ1) is 12.6. The summed E-state index contributed by atoms with van der Waals surface area (Å²) in [5, 5.41) is 8.12. The Morgan fingerprint density at radius 2 is 2.24 bits per heavy atom. The molecule has 1 fully saturated rings. The second-order valence-corrected chi connectivity index (χ2v) is 5.96. The van der Waals surface area contributed by atoms with Crippen LogP contribution in [0.25, 0.3) is 0 Å². The second-order valence-electron chi connectivity index (χ2n) is 5.96. The summed E-state index contributed by atoms with van der Waals surface area (Å²) >= 11 is 0. The molecule has 0 aliphatic heterocycles. The highest BCUT2D eigenvalue weighted by molar-refractivity contribution is 5.28. The van der Waals surface area contributed by atoms with Gasteiger partial charge in [0.05, 0.1) is 5.69 Å². The van der Waals surface area contributed by atoms with Crippen molar-refractivity contribution in [2.24, 2.45) is 12.5 Å². The molecular formula is C14H25N3. The summed E-state index contributed by atoms with van der Waals surface area (Å²) in [6.07, 6.45) is 4.65. The number of aromatic nitrogens is 2. The van der Waals surface area contributed by atoms with Gasteiger partial charge in [-0.25, -0.2) is 0 Å². The topological polar surface area (TPSA) is 29.9 Å². The molecule has 1 saturated carbocycles. The summed E-state index contributed by atoms with van der Waals surface area (Å²) in [6, 6.07) is 0.659. The van der Waals surface area contributed by atoms with Crippen molar-refractivity contribution >= 4 is 0 Å². The third-order valence-electron chi connectivity index (χ3n) is 4.34. The smallest absolute Gasteiger partial charge is 0.0628 e. The van der Waals surface area contributed by atoms with E-state index in [9.17, 15) is 0 Å². The lowest BCUT2D eigenvalue weighted by Crippen LogP contribution is -2.55. The zero-order valence-corrected chi connectivity index (χ0v) is 11.7. The molecular weight excluding hydrogens is 210 g/mol. The number of hydrogen-bond acceptors (Lipinski definition) is 2. The first-order chi connectivity index (χ1) is 7.96. The van der Waals surface area contributed by atoms with Crippen LogP contribution in [0.15, 0.2) is 6.20 Å². The van der Waals surface area contributed by atoms with Crippen molar-refractivity contribution in [3.05, 3.63) is 17.5 Å². The molecule has 1 aliphatic carbocycles. The van der Waals surface area contributed by atoms with Crippen molar-refractivity contribution in [3.8, 4) is 0 Å². The molecule has 2 atom stereocenters. The molecule has 1 N–H and O–H groups in total. The molecule has 1 aliphatic rings. The molecule has 2 unspecified atom stereocenters. The van der Waals surface area contributed by atoms with Crippen LogP contribution in [0, 0.1) is 12.3 Å². The van der Waals surface area contributed by atoms with E-state index >= 15 is 0 Å². The van der Waals surface area contributed by atoms with Crippen LogP contribution in [0.1, 0.15) is 50.8 Å². The van der Waals surface area contributed by atoms with E-state index in [1.165, 1.54) is 24.1 Å². The van der Waals surface area contributed by atoms with Crippen LogP contribution < -0.4 is 5.32 Å². The van der Waals surface area contributed by atoms with Gasteiger partial charge in [-0.2, -0.15) is 5.10 Å². The molecule has 1 aromatic rings. The summed E-state index contributed by atoms with van der Waals surface area (Å²) in [5.41, 5.74) is 2.98. The number of aryl methyl sites for hydroxylation is 2. The van der Waals surface area contributed by atoms with Crippen LogP contribution in [-0.4, -0.2) is 22.4 Å². The van der Waals surface area contributed by atoms with Gasteiger partial charge in [0.25, 0.3) is 0 Å². The monoisotopic (exact) mass is 235 g/mol. The van der Waals surface area contributed by atoms with E-state index in [1.807, 2.05) is 11.7 Å². The van der Waals surface area contributed by atoms with Gasteiger partial charge in [0.15, 0.2) is 0 Å². The molecule has 96 valence electrons. The predicted molar refractivity (Wildman–Crippen MR) is 71.2 cm³/mol. The summed E-state index contributed by atoms with van der Waals surface area (Å²) < 4.78 is 1.94. The van der Waals surface area contributed by atoms with Crippen molar-refractivity contribution in [1.82, 2.24) is 15.1 Å². The Hall–Kier alpha value is -0.830. The van der Waals surface area contributed by atoms with E-state index in [-0.39, 0.29) is 0 Å². The highest BCUT2D eigenvalue weighted by Crippen LogP contribution is 2.52. The van der Waals surface area contributed by atoms with Gasteiger partial charge in [0, 0.05) is 19.3 Å². The van der Waals surface area contributed by atoms with Crippen molar-refractivity contribution in [3.63, 3.8) is 0 Å². The first-order valence-corrected chi connectivity index (χ1v) is 6.70. The average Bonchev–Trinajstić information content (AvgIpc) is 2.56. The Morgan fingerprint density at radius 1 is 1.53 bits per heavy atom. The zero-order valence-electron chi connectivity index (χ0n) is 11.7. The Balaban J connectivity index is 2.08. The quantitative estimate of drug-likeness (QED) is 0.869. The fourth-order valence-corrected chi connectivity index (χ4v) is 3.08. The third kappa shape index (κ3) is 2.13. The van der Waals surface area contributed by atoms with Crippen molar-refractivity contribution in [2.75, 3.05) is 6.54 Å². The standard InChI is InChI=1S/C14H25N3/c1-6-7-15-13-8-12(14(13,3)4)11-9-17(5)16-10(11)2/h9,12-13,15H,6-8H2,1-5H3. The van der Waals surface area contributed by atoms with Crippen molar-refractivity contribution in [1.29, 1.82) is 0 Å². The fourth-order valence-electron chi connectivity index (χ4n) is 3.08. The zero-order chi connectivity index (χ0) is 12.6. The van der Waals surface area contributed by atoms with Gasteiger partial charge >= 0.3 is 0 Å². The van der Waals surface area contributed by atoms with E-state index in [0.29, 0.717) is 17.4 Å². The van der Waals surface area contributed by atoms with Gasteiger partial charge in [-0.1, -0.05) is 20.8 Å². The van der Waals surface area contributed by atoms with E-state index in [0.717, 1.165) is 6.54 Å². The number of rotatable bonds is 4. The van der Waals surface area contributed by atoms with Gasteiger partial charge in [-0.05, 0) is 43.2 Å². The molecule has 3 heteroatoms. The lowest BCUT2D eigenvalue weighted by Gasteiger charge is -2.52. The van der Waals surface area contributed by atoms with Crippen LogP contribution in [0.4, 0.5) is 0 Å². The molecule has 0 spiro atoms. The number of hydrogen-bond donors (Lipinski definition) is 1. The van der Waals surface area contributed by atoms with Gasteiger partial charge < -0.3 is 5.32 Å². The maximum atomic E-state index is 4.46. The molecule has 3 nitrogen and oxygen atoms in total. The Morgan fingerprint density at radius 3 is 2.71 bits per heavy atom. The van der Waals surface area contributed by atoms with E-state index < -0.39 is 0 Å². The highest BCUT2D eigenvalue weighted by atomic mass is 15.2. The average molecular weight is 235 g/mol. The lowest BCUT2D eigenvalue weighted by atomic mass is 9.56. The minimum atomic E-state index is 0.350. The van der Waals surface area contributed by atoms with E-state index in [4.69, 9.17) is 0 Å². The number of nitrogens with zero attached hydrogens (tertiary/aromatic N) is 2. The third-order valence-corrected chi connectivity index (χ3v) is 4.34. The minimum Gasteiger partial charge on any atom is -0.313 e. The maximum Gasteiger partial charge on any atom is 0.0628 e. The Labute approximate surface area is 105 Å². The lowest BCUT2D eigenvalue weighted by molar-refractivity contribution is 0.0690. The van der Waals surface area contributed by atoms with Crippen LogP contribution in [0.2, 0.25) is 0 Å². The van der Waals surface area contributed by atoms with Gasteiger partial charge in [-0.15, -0.1) is 0 Å². The summed E-state index contributed by atoms with van der Waals surface area (Å²) in [4.78, 5) is 0. The summed E-state index contributed by atoms with van der Waals surface area (Å²) in [6.45, 7) is 10.2. The molecule has 1 aromatic heterocycles. The van der Waals surface area contributed by atoms with Crippen LogP contribution in [0.3, 0.4) is 0 Å². The van der Waals surface area contributed by atoms with Gasteiger partial charge in [0.1, 0.15) is 0 Å². The largest absolute Gasteiger partial charge is 0.313 e. The molecule has 0 aromatic carbocycles. The molecule has 2 rings (SSSR count). The Kier molecular flexibility index (Phi) is 3.30. The van der Waals surface area contributed by atoms with Gasteiger partial charge in [-0.3, -0.25) is 4.68 Å². The molecule has 0 amide bonds.